The molecule has 0 saturated heterocycles. The van der Waals surface area contributed by atoms with Crippen LogP contribution in [0.1, 0.15) is 16.1 Å². The molecule has 1 rings (SSSR count). The van der Waals surface area contributed by atoms with Crippen LogP contribution in [0.15, 0.2) is 17.1 Å². The zero-order valence-corrected chi connectivity index (χ0v) is 10.6. The minimum Gasteiger partial charge on any atom is -0.382 e. The zero-order chi connectivity index (χ0) is 13.4. The van der Waals surface area contributed by atoms with Crippen molar-refractivity contribution in [1.82, 2.24) is 10.3 Å². The van der Waals surface area contributed by atoms with E-state index < -0.39 is 5.91 Å². The van der Waals surface area contributed by atoms with Gasteiger partial charge in [0, 0.05) is 31.6 Å². The number of hydrogen-bond acceptors (Lipinski definition) is 4. The maximum absolute atomic E-state index is 11.7. The molecule has 0 aliphatic heterocycles. The lowest BCUT2D eigenvalue weighted by Gasteiger charge is -2.06. The Morgan fingerprint density at radius 3 is 2.83 bits per heavy atom. The minimum atomic E-state index is -0.397. The first-order valence-electron chi connectivity index (χ1n) is 5.69. The molecule has 0 spiro atoms. The molecule has 0 atom stereocenters. The number of amides is 1. The number of H-pyrrole nitrogens is 1. The molecule has 100 valence electrons. The van der Waals surface area contributed by atoms with Gasteiger partial charge in [-0.3, -0.25) is 9.59 Å². The fourth-order valence-electron chi connectivity index (χ4n) is 1.33. The first kappa shape index (κ1) is 14.4. The van der Waals surface area contributed by atoms with Gasteiger partial charge in [-0.1, -0.05) is 0 Å². The van der Waals surface area contributed by atoms with Crippen LogP contribution in [0.5, 0.6) is 0 Å². The molecule has 6 heteroatoms. The molecule has 0 radical (unpaired) electrons. The number of aromatic nitrogens is 1. The molecule has 1 heterocycles. The predicted molar refractivity (Wildman–Crippen MR) is 66.8 cm³/mol. The minimum absolute atomic E-state index is 0.109. The summed E-state index contributed by atoms with van der Waals surface area (Å²) in [7, 11) is 1.59. The van der Waals surface area contributed by atoms with E-state index in [0.29, 0.717) is 26.4 Å². The van der Waals surface area contributed by atoms with Crippen molar-refractivity contribution in [2.24, 2.45) is 0 Å². The van der Waals surface area contributed by atoms with Crippen molar-refractivity contribution < 1.29 is 14.3 Å². The van der Waals surface area contributed by atoms with Crippen molar-refractivity contribution in [2.45, 2.75) is 6.92 Å². The lowest BCUT2D eigenvalue weighted by molar-refractivity contribution is 0.0692. The van der Waals surface area contributed by atoms with Gasteiger partial charge in [-0.05, 0) is 6.92 Å². The number of pyridine rings is 1. The van der Waals surface area contributed by atoms with E-state index in [4.69, 9.17) is 9.47 Å². The van der Waals surface area contributed by atoms with E-state index in [2.05, 4.69) is 10.3 Å². The van der Waals surface area contributed by atoms with Crippen molar-refractivity contribution >= 4 is 5.91 Å². The average Bonchev–Trinajstić information content (AvgIpc) is 2.33. The fraction of sp³-hybridized carbons (Fsp3) is 0.500. The highest BCUT2D eigenvalue weighted by atomic mass is 16.5. The van der Waals surface area contributed by atoms with E-state index in [0.717, 1.165) is 5.69 Å². The number of ether oxygens (including phenoxy) is 2. The van der Waals surface area contributed by atoms with Crippen molar-refractivity contribution in [2.75, 3.05) is 33.5 Å². The van der Waals surface area contributed by atoms with Gasteiger partial charge in [0.2, 0.25) is 0 Å². The Kier molecular flexibility index (Phi) is 6.10. The summed E-state index contributed by atoms with van der Waals surface area (Å²) in [4.78, 5) is 26.0. The third kappa shape index (κ3) is 4.68. The fourth-order valence-corrected chi connectivity index (χ4v) is 1.33. The van der Waals surface area contributed by atoms with Crippen LogP contribution < -0.4 is 10.7 Å². The number of hydrogen-bond donors (Lipinski definition) is 2. The second-order valence-electron chi connectivity index (χ2n) is 3.76. The van der Waals surface area contributed by atoms with E-state index in [9.17, 15) is 9.59 Å². The summed E-state index contributed by atoms with van der Waals surface area (Å²) in [5.41, 5.74) is 0.543. The van der Waals surface area contributed by atoms with Gasteiger partial charge in [0.25, 0.3) is 5.91 Å². The van der Waals surface area contributed by atoms with Crippen molar-refractivity contribution in [3.05, 3.63) is 33.7 Å². The quantitative estimate of drug-likeness (QED) is 0.675. The van der Waals surface area contributed by atoms with Crippen LogP contribution in [0, 0.1) is 6.92 Å². The van der Waals surface area contributed by atoms with Crippen LogP contribution in [-0.4, -0.2) is 44.4 Å². The van der Waals surface area contributed by atoms with Gasteiger partial charge < -0.3 is 19.8 Å². The number of methoxy groups -OCH3 is 1. The first-order chi connectivity index (χ1) is 8.65. The summed E-state index contributed by atoms with van der Waals surface area (Å²) >= 11 is 0. The molecule has 18 heavy (non-hydrogen) atoms. The molecule has 1 aromatic heterocycles. The van der Waals surface area contributed by atoms with Crippen molar-refractivity contribution in [3.63, 3.8) is 0 Å². The van der Waals surface area contributed by atoms with E-state index in [1.807, 2.05) is 0 Å². The average molecular weight is 254 g/mol. The number of carbonyl (C=O) groups is 1. The molecule has 0 bridgehead atoms. The maximum Gasteiger partial charge on any atom is 0.256 e. The Hall–Kier alpha value is -1.66. The second-order valence-corrected chi connectivity index (χ2v) is 3.76. The molecule has 6 nitrogen and oxygen atoms in total. The number of carbonyl (C=O) groups excluding carboxylic acids is 1. The molecule has 0 aromatic carbocycles. The number of aryl methyl sites for hydroxylation is 1. The Labute approximate surface area is 105 Å². The topological polar surface area (TPSA) is 80.4 Å². The lowest BCUT2D eigenvalue weighted by Crippen LogP contribution is -2.31. The third-order valence-electron chi connectivity index (χ3n) is 2.27. The summed E-state index contributed by atoms with van der Waals surface area (Å²) in [6, 6.07) is 1.39. The predicted octanol–water partition coefficient (Wildman–Crippen LogP) is 0.0761. The van der Waals surface area contributed by atoms with Gasteiger partial charge in [0.05, 0.1) is 19.8 Å². The van der Waals surface area contributed by atoms with Crippen LogP contribution >= 0.6 is 0 Å². The van der Waals surface area contributed by atoms with E-state index >= 15 is 0 Å². The highest BCUT2D eigenvalue weighted by Gasteiger charge is 2.09. The Morgan fingerprint density at radius 2 is 2.17 bits per heavy atom. The normalized spacial score (nSPS) is 10.3. The molecule has 2 N–H and O–H groups in total. The van der Waals surface area contributed by atoms with Crippen LogP contribution in [0.2, 0.25) is 0 Å². The van der Waals surface area contributed by atoms with Crippen molar-refractivity contribution in [3.8, 4) is 0 Å². The highest BCUT2D eigenvalue weighted by Crippen LogP contribution is 1.91. The molecule has 1 amide bonds. The smallest absolute Gasteiger partial charge is 0.256 e. The number of aromatic amines is 1. The van der Waals surface area contributed by atoms with Crippen LogP contribution in [0.4, 0.5) is 0 Å². The van der Waals surface area contributed by atoms with Gasteiger partial charge >= 0.3 is 0 Å². The van der Waals surface area contributed by atoms with Crippen LogP contribution in [0.25, 0.3) is 0 Å². The summed E-state index contributed by atoms with van der Waals surface area (Å²) < 4.78 is 9.99. The molecular weight excluding hydrogens is 236 g/mol. The monoisotopic (exact) mass is 254 g/mol. The Morgan fingerprint density at radius 1 is 1.39 bits per heavy atom. The lowest BCUT2D eigenvalue weighted by atomic mass is 10.2. The Balaban J connectivity index is 2.34. The molecule has 0 unspecified atom stereocenters. The van der Waals surface area contributed by atoms with Gasteiger partial charge in [-0.15, -0.1) is 0 Å². The summed E-state index contributed by atoms with van der Waals surface area (Å²) in [6.45, 7) is 3.50. The first-order valence-corrected chi connectivity index (χ1v) is 5.69. The Bertz CT molecular complexity index is 442. The standard InChI is InChI=1S/C12H18N2O4/c1-9-7-11(15)10(8-14-9)12(16)13-3-4-18-6-5-17-2/h7-8H,3-6H2,1-2H3,(H,13,16)(H,14,15). The maximum atomic E-state index is 11.7. The van der Waals surface area contributed by atoms with Gasteiger partial charge in [-0.2, -0.15) is 0 Å². The van der Waals surface area contributed by atoms with Crippen molar-refractivity contribution in [1.29, 1.82) is 0 Å². The van der Waals surface area contributed by atoms with Crippen LogP contribution in [-0.2, 0) is 9.47 Å². The van der Waals surface area contributed by atoms with Gasteiger partial charge in [-0.25, -0.2) is 0 Å². The van der Waals surface area contributed by atoms with E-state index in [1.54, 1.807) is 14.0 Å². The molecular formula is C12H18N2O4. The van der Waals surface area contributed by atoms with Gasteiger partial charge in [0.1, 0.15) is 5.56 Å². The molecule has 1 aromatic rings. The molecule has 0 aliphatic rings. The second kappa shape index (κ2) is 7.62. The van der Waals surface area contributed by atoms with Gasteiger partial charge in [0.15, 0.2) is 5.43 Å². The number of rotatable bonds is 7. The summed E-state index contributed by atoms with van der Waals surface area (Å²) in [6.07, 6.45) is 1.42. The number of nitrogens with one attached hydrogen (secondary N) is 2. The van der Waals surface area contributed by atoms with E-state index in [-0.39, 0.29) is 11.0 Å². The molecule has 0 saturated carbocycles. The SMILES string of the molecule is COCCOCCNC(=O)c1c[nH]c(C)cc1=O. The molecule has 0 fully saturated rings. The highest BCUT2D eigenvalue weighted by molar-refractivity contribution is 5.93. The zero-order valence-electron chi connectivity index (χ0n) is 10.6. The van der Waals surface area contributed by atoms with E-state index in [1.165, 1.54) is 12.3 Å². The summed E-state index contributed by atoms with van der Waals surface area (Å²) in [5.74, 6) is -0.397. The molecule has 0 aliphatic carbocycles. The largest absolute Gasteiger partial charge is 0.382 e. The summed E-state index contributed by atoms with van der Waals surface area (Å²) in [5, 5.41) is 2.61. The van der Waals surface area contributed by atoms with Crippen LogP contribution in [0.3, 0.4) is 0 Å². The third-order valence-corrected chi connectivity index (χ3v) is 2.27.